The molecule has 1 heterocycles. The first-order valence-electron chi connectivity index (χ1n) is 7.29. The fraction of sp³-hybridized carbons (Fsp3) is 0.312. The molecule has 2 N–H and O–H groups in total. The van der Waals surface area contributed by atoms with Crippen molar-refractivity contribution in [2.24, 2.45) is 7.05 Å². The van der Waals surface area contributed by atoms with Gasteiger partial charge in [-0.05, 0) is 31.5 Å². The first-order valence-corrected chi connectivity index (χ1v) is 8.04. The van der Waals surface area contributed by atoms with Crippen LogP contribution in [0.15, 0.2) is 18.2 Å². The molecule has 0 aliphatic carbocycles. The normalized spacial score (nSPS) is 10.5. The van der Waals surface area contributed by atoms with Crippen LogP contribution in [0.2, 0.25) is 10.0 Å². The highest BCUT2D eigenvalue weighted by molar-refractivity contribution is 6.36. The third-order valence-electron chi connectivity index (χ3n) is 3.62. The SMILES string of the molecule is Cc1nn(C)c(C)c1NC(=O)CNC(=O)Cc1c(Cl)cccc1Cl. The number of aromatic nitrogens is 2. The fourth-order valence-corrected chi connectivity index (χ4v) is 2.77. The van der Waals surface area contributed by atoms with Gasteiger partial charge in [0.2, 0.25) is 11.8 Å². The number of carbonyl (C=O) groups excluding carboxylic acids is 2. The molecule has 0 aliphatic heterocycles. The number of aryl methyl sites for hydroxylation is 2. The molecule has 2 rings (SSSR count). The Balaban J connectivity index is 1.91. The van der Waals surface area contributed by atoms with E-state index in [1.54, 1.807) is 36.9 Å². The van der Waals surface area contributed by atoms with Gasteiger partial charge in [-0.3, -0.25) is 14.3 Å². The summed E-state index contributed by atoms with van der Waals surface area (Å²) in [6.45, 7) is 3.52. The maximum absolute atomic E-state index is 12.0. The van der Waals surface area contributed by atoms with Crippen molar-refractivity contribution in [3.8, 4) is 0 Å². The summed E-state index contributed by atoms with van der Waals surface area (Å²) in [7, 11) is 1.80. The second-order valence-electron chi connectivity index (χ2n) is 5.37. The summed E-state index contributed by atoms with van der Waals surface area (Å²) in [6, 6.07) is 5.03. The Morgan fingerprint density at radius 2 is 1.79 bits per heavy atom. The van der Waals surface area contributed by atoms with Gasteiger partial charge in [-0.25, -0.2) is 0 Å². The summed E-state index contributed by atoms with van der Waals surface area (Å²) in [5.74, 6) is -0.660. The summed E-state index contributed by atoms with van der Waals surface area (Å²) in [5.41, 5.74) is 2.76. The summed E-state index contributed by atoms with van der Waals surface area (Å²) in [6.07, 6.45) is 0.0106. The van der Waals surface area contributed by atoms with Gasteiger partial charge in [-0.15, -0.1) is 0 Å². The lowest BCUT2D eigenvalue weighted by molar-refractivity contribution is -0.123. The second-order valence-corrected chi connectivity index (χ2v) is 6.19. The highest BCUT2D eigenvalue weighted by atomic mass is 35.5. The minimum atomic E-state index is -0.334. The van der Waals surface area contributed by atoms with Crippen LogP contribution in [0.3, 0.4) is 0 Å². The molecular weight excluding hydrogens is 351 g/mol. The molecule has 0 unspecified atom stereocenters. The lowest BCUT2D eigenvalue weighted by Gasteiger charge is -2.09. The van der Waals surface area contributed by atoms with Gasteiger partial charge in [0.25, 0.3) is 0 Å². The molecule has 6 nitrogen and oxygen atoms in total. The van der Waals surface area contributed by atoms with E-state index in [2.05, 4.69) is 15.7 Å². The standard InChI is InChI=1S/C16H18Cl2N4O2/c1-9-16(10(2)22(3)21-9)20-15(24)8-19-14(23)7-11-12(17)5-4-6-13(11)18/h4-6H,7-8H2,1-3H3,(H,19,23)(H,20,24). The van der Waals surface area contributed by atoms with E-state index in [0.29, 0.717) is 21.3 Å². The average molecular weight is 369 g/mol. The zero-order chi connectivity index (χ0) is 17.9. The molecule has 128 valence electrons. The van der Waals surface area contributed by atoms with Crippen LogP contribution >= 0.6 is 23.2 Å². The van der Waals surface area contributed by atoms with Crippen molar-refractivity contribution in [2.75, 3.05) is 11.9 Å². The number of rotatable bonds is 5. The number of hydrogen-bond donors (Lipinski definition) is 2. The Labute approximate surface area is 150 Å². The molecule has 0 saturated heterocycles. The van der Waals surface area contributed by atoms with Crippen LogP contribution in [0.4, 0.5) is 5.69 Å². The number of anilines is 1. The monoisotopic (exact) mass is 368 g/mol. The van der Waals surface area contributed by atoms with Gasteiger partial charge >= 0.3 is 0 Å². The number of amides is 2. The van der Waals surface area contributed by atoms with E-state index in [4.69, 9.17) is 23.2 Å². The molecule has 0 spiro atoms. The van der Waals surface area contributed by atoms with Gasteiger partial charge in [0.05, 0.1) is 30.0 Å². The van der Waals surface area contributed by atoms with Crippen LogP contribution in [-0.4, -0.2) is 28.1 Å². The molecular formula is C16H18Cl2N4O2. The summed E-state index contributed by atoms with van der Waals surface area (Å²) in [5, 5.41) is 10.4. The van der Waals surface area contributed by atoms with E-state index in [1.165, 1.54) is 0 Å². The smallest absolute Gasteiger partial charge is 0.243 e. The Morgan fingerprint density at radius 3 is 2.33 bits per heavy atom. The molecule has 24 heavy (non-hydrogen) atoms. The van der Waals surface area contributed by atoms with Crippen LogP contribution in [0.1, 0.15) is 17.0 Å². The lowest BCUT2D eigenvalue weighted by Crippen LogP contribution is -2.34. The zero-order valence-corrected chi connectivity index (χ0v) is 15.1. The summed E-state index contributed by atoms with van der Waals surface area (Å²) >= 11 is 12.1. The van der Waals surface area contributed by atoms with Crippen molar-refractivity contribution in [1.82, 2.24) is 15.1 Å². The van der Waals surface area contributed by atoms with E-state index in [1.807, 2.05) is 6.92 Å². The Bertz CT molecular complexity index is 766. The van der Waals surface area contributed by atoms with E-state index in [-0.39, 0.29) is 24.8 Å². The average Bonchev–Trinajstić information content (AvgIpc) is 2.75. The van der Waals surface area contributed by atoms with Crippen LogP contribution in [0, 0.1) is 13.8 Å². The van der Waals surface area contributed by atoms with Gasteiger partial charge in [-0.2, -0.15) is 5.10 Å². The van der Waals surface area contributed by atoms with Crippen molar-refractivity contribution < 1.29 is 9.59 Å². The molecule has 1 aromatic carbocycles. The topological polar surface area (TPSA) is 76.0 Å². The van der Waals surface area contributed by atoms with Gasteiger partial charge in [0, 0.05) is 17.1 Å². The molecule has 2 amide bonds. The maximum Gasteiger partial charge on any atom is 0.243 e. The molecule has 0 fully saturated rings. The van der Waals surface area contributed by atoms with Gasteiger partial charge < -0.3 is 10.6 Å². The number of nitrogens with one attached hydrogen (secondary N) is 2. The Kier molecular flexibility index (Phi) is 5.85. The molecule has 2 aromatic rings. The van der Waals surface area contributed by atoms with Crippen molar-refractivity contribution in [3.63, 3.8) is 0 Å². The van der Waals surface area contributed by atoms with Crippen molar-refractivity contribution in [3.05, 3.63) is 45.2 Å². The van der Waals surface area contributed by atoms with E-state index in [9.17, 15) is 9.59 Å². The van der Waals surface area contributed by atoms with Gasteiger partial charge in [0.15, 0.2) is 0 Å². The highest BCUT2D eigenvalue weighted by Gasteiger charge is 2.14. The minimum absolute atomic E-state index is 0.0106. The third-order valence-corrected chi connectivity index (χ3v) is 4.33. The minimum Gasteiger partial charge on any atom is -0.347 e. The van der Waals surface area contributed by atoms with Crippen molar-refractivity contribution in [2.45, 2.75) is 20.3 Å². The molecule has 0 bridgehead atoms. The fourth-order valence-electron chi connectivity index (χ4n) is 2.24. The number of halogens is 2. The third kappa shape index (κ3) is 4.27. The summed E-state index contributed by atoms with van der Waals surface area (Å²) in [4.78, 5) is 24.0. The molecule has 0 radical (unpaired) electrons. The van der Waals surface area contributed by atoms with E-state index < -0.39 is 0 Å². The highest BCUT2D eigenvalue weighted by Crippen LogP contribution is 2.24. The predicted octanol–water partition coefficient (Wildman–Crippen LogP) is 2.64. The first kappa shape index (κ1) is 18.3. The quantitative estimate of drug-likeness (QED) is 0.851. The largest absolute Gasteiger partial charge is 0.347 e. The maximum atomic E-state index is 12.0. The molecule has 8 heteroatoms. The molecule has 1 aromatic heterocycles. The van der Waals surface area contributed by atoms with E-state index >= 15 is 0 Å². The Hall–Kier alpha value is -2.05. The Morgan fingerprint density at radius 1 is 1.17 bits per heavy atom. The van der Waals surface area contributed by atoms with Crippen LogP contribution in [-0.2, 0) is 23.1 Å². The number of nitrogens with zero attached hydrogens (tertiary/aromatic N) is 2. The van der Waals surface area contributed by atoms with Crippen LogP contribution in [0.25, 0.3) is 0 Å². The summed E-state index contributed by atoms with van der Waals surface area (Å²) < 4.78 is 1.68. The van der Waals surface area contributed by atoms with Crippen LogP contribution in [0.5, 0.6) is 0 Å². The predicted molar refractivity (Wildman–Crippen MR) is 94.5 cm³/mol. The molecule has 0 saturated carbocycles. The second kappa shape index (κ2) is 7.68. The lowest BCUT2D eigenvalue weighted by atomic mass is 10.1. The molecule has 0 atom stereocenters. The zero-order valence-electron chi connectivity index (χ0n) is 13.6. The number of hydrogen-bond acceptors (Lipinski definition) is 3. The van der Waals surface area contributed by atoms with Gasteiger partial charge in [-0.1, -0.05) is 29.3 Å². The van der Waals surface area contributed by atoms with Crippen molar-refractivity contribution in [1.29, 1.82) is 0 Å². The first-order chi connectivity index (χ1) is 11.3. The van der Waals surface area contributed by atoms with Gasteiger partial charge in [0.1, 0.15) is 0 Å². The number of benzene rings is 1. The van der Waals surface area contributed by atoms with Crippen molar-refractivity contribution >= 4 is 40.7 Å². The van der Waals surface area contributed by atoms with Crippen LogP contribution < -0.4 is 10.6 Å². The van der Waals surface area contributed by atoms with E-state index in [0.717, 1.165) is 11.4 Å². The molecule has 0 aliphatic rings. The number of carbonyl (C=O) groups is 2.